The quantitative estimate of drug-likeness (QED) is 0.191. The second-order valence-electron chi connectivity index (χ2n) is 14.2. The van der Waals surface area contributed by atoms with Crippen LogP contribution in [0.25, 0.3) is 0 Å². The van der Waals surface area contributed by atoms with E-state index < -0.39 is 13.2 Å². The fourth-order valence-corrected chi connectivity index (χ4v) is 13.0. The third-order valence-electron chi connectivity index (χ3n) is 11.8. The van der Waals surface area contributed by atoms with Crippen molar-refractivity contribution in [2.24, 2.45) is 40.4 Å². The third kappa shape index (κ3) is 5.29. The van der Waals surface area contributed by atoms with E-state index in [4.69, 9.17) is 4.74 Å². The van der Waals surface area contributed by atoms with Gasteiger partial charge in [-0.2, -0.15) is 0 Å². The van der Waals surface area contributed by atoms with Crippen LogP contribution in [0.3, 0.4) is 0 Å². The van der Waals surface area contributed by atoms with E-state index in [2.05, 4.69) is 25.2 Å². The molecule has 4 saturated carbocycles. The van der Waals surface area contributed by atoms with E-state index in [-0.39, 0.29) is 28.5 Å². The smallest absolute Gasteiger partial charge is 0.303 e. The fraction of sp³-hybridized carbons (Fsp3) is 0.568. The summed E-state index contributed by atoms with van der Waals surface area (Å²) in [5.74, 6) is 1.53. The lowest BCUT2D eigenvalue weighted by molar-refractivity contribution is -0.153. The number of carbonyl (C=O) groups is 2. The maximum atomic E-state index is 15.0. The first kappa shape index (κ1) is 30.5. The fourth-order valence-electron chi connectivity index (χ4n) is 9.86. The molecule has 2 aromatic rings. The van der Waals surface area contributed by atoms with Gasteiger partial charge in [-0.3, -0.25) is 9.59 Å². The van der Waals surface area contributed by atoms with E-state index in [0.29, 0.717) is 36.3 Å². The Bertz CT molecular complexity index is 1380. The first-order chi connectivity index (χ1) is 20.6. The molecule has 0 aliphatic heterocycles. The molecule has 4 aliphatic rings. The number of hydrogen-bond acceptors (Lipinski definition) is 5. The Morgan fingerprint density at radius 2 is 1.74 bits per heavy atom. The van der Waals surface area contributed by atoms with Crippen molar-refractivity contribution in [1.82, 2.24) is 5.32 Å². The van der Waals surface area contributed by atoms with Crippen molar-refractivity contribution in [2.45, 2.75) is 71.8 Å². The minimum Gasteiger partial charge on any atom is -0.455 e. The zero-order chi connectivity index (χ0) is 30.4. The second-order valence-corrected chi connectivity index (χ2v) is 17.1. The molecule has 5 nitrogen and oxygen atoms in total. The van der Waals surface area contributed by atoms with Crippen molar-refractivity contribution >= 4 is 29.5 Å². The van der Waals surface area contributed by atoms with Crippen LogP contribution in [0.4, 0.5) is 0 Å². The van der Waals surface area contributed by atoms with Crippen LogP contribution in [-0.4, -0.2) is 37.6 Å². The largest absolute Gasteiger partial charge is 0.455 e. The highest BCUT2D eigenvalue weighted by Crippen LogP contribution is 2.67. The monoisotopic (exact) mass is 601 g/mol. The summed E-state index contributed by atoms with van der Waals surface area (Å²) in [6.07, 6.45) is 9.94. The van der Waals surface area contributed by atoms with Crippen LogP contribution < -0.4 is 15.9 Å². The number of Topliss-reactive ketones (excluding diaryl/α,β-unsaturated/α-hetero) is 1. The number of benzene rings is 2. The van der Waals surface area contributed by atoms with Gasteiger partial charge in [-0.05, 0) is 81.1 Å². The maximum Gasteiger partial charge on any atom is 0.303 e. The highest BCUT2D eigenvalue weighted by atomic mass is 31.2. The number of carbonyl (C=O) groups excluding carboxylic acids is 2. The summed E-state index contributed by atoms with van der Waals surface area (Å²) in [7, 11) is -0.823. The van der Waals surface area contributed by atoms with Gasteiger partial charge in [-0.25, -0.2) is 0 Å². The van der Waals surface area contributed by atoms with Crippen LogP contribution in [0.1, 0.15) is 65.7 Å². The predicted molar refractivity (Wildman–Crippen MR) is 173 cm³/mol. The van der Waals surface area contributed by atoms with Gasteiger partial charge in [0.1, 0.15) is 7.14 Å². The molecule has 0 aromatic heterocycles. The number of nitrogens with one attached hydrogen (secondary N) is 1. The molecule has 0 radical (unpaired) electrons. The van der Waals surface area contributed by atoms with Crippen molar-refractivity contribution in [3.63, 3.8) is 0 Å². The number of hydrogen-bond donors (Lipinski definition) is 1. The molecule has 6 unspecified atom stereocenters. The molecule has 0 saturated heterocycles. The summed E-state index contributed by atoms with van der Waals surface area (Å²) < 4.78 is 20.4. The molecule has 4 aliphatic carbocycles. The Labute approximate surface area is 257 Å². The van der Waals surface area contributed by atoms with Crippen LogP contribution in [0.15, 0.2) is 72.3 Å². The lowest BCUT2D eigenvalue weighted by Gasteiger charge is -2.45. The third-order valence-corrected chi connectivity index (χ3v) is 15.2. The topological polar surface area (TPSA) is 72.5 Å². The number of ketones is 1. The SMILES string of the molecule is CNCC(/C=C1\CCC[C@@]2(C)C1CCC2[C@H](C)CP(=O)(c1ccccc1)c1ccccc1)C12CC1CC(OC(C)=O)C2=O. The Balaban J connectivity index is 1.25. The number of rotatable bonds is 10. The average molecular weight is 602 g/mol. The normalized spacial score (nSPS) is 34.0. The van der Waals surface area contributed by atoms with E-state index in [1.54, 1.807) is 0 Å². The van der Waals surface area contributed by atoms with Crippen LogP contribution in [0, 0.1) is 40.4 Å². The Kier molecular flexibility index (Phi) is 8.37. The molecule has 4 fully saturated rings. The summed E-state index contributed by atoms with van der Waals surface area (Å²) in [5, 5.41) is 5.29. The van der Waals surface area contributed by atoms with E-state index >= 15 is 0 Å². The highest BCUT2D eigenvalue weighted by Gasteiger charge is 2.70. The zero-order valence-electron chi connectivity index (χ0n) is 26.3. The lowest BCUT2D eigenvalue weighted by atomic mass is 9.61. The van der Waals surface area contributed by atoms with Crippen LogP contribution in [-0.2, 0) is 18.9 Å². The van der Waals surface area contributed by atoms with Gasteiger partial charge in [0.05, 0.1) is 0 Å². The molecule has 0 bridgehead atoms. The van der Waals surface area contributed by atoms with E-state index in [9.17, 15) is 14.2 Å². The van der Waals surface area contributed by atoms with Crippen molar-refractivity contribution in [1.29, 1.82) is 0 Å². The first-order valence-corrected chi connectivity index (χ1v) is 18.3. The minimum atomic E-state index is -2.79. The number of esters is 1. The molecule has 0 heterocycles. The number of allylic oxidation sites excluding steroid dienone is 1. The Morgan fingerprint density at radius 3 is 2.35 bits per heavy atom. The van der Waals surface area contributed by atoms with Gasteiger partial charge < -0.3 is 14.6 Å². The standard InChI is InChI=1S/C37H48NO4P/c1-25(24-43(41,30-13-7-5-8-14-30)31-15-9-6-10-16-31)32-17-18-33-27(12-11-19-36(32,33)3)20-29(23-38-4)37-22-28(37)21-34(35(37)40)42-26(2)39/h5-10,13-16,20,25,28-29,32-34,38H,11-12,17-19,21-24H2,1-4H3/b27-20+/t25-,28?,29?,32?,33?,34?,36-,37?/m1/s1. The van der Waals surface area contributed by atoms with Gasteiger partial charge in [0.15, 0.2) is 11.9 Å². The van der Waals surface area contributed by atoms with E-state index in [1.165, 1.54) is 18.9 Å². The molecule has 2 aromatic carbocycles. The second kappa shape index (κ2) is 11.8. The summed E-state index contributed by atoms with van der Waals surface area (Å²) in [6, 6.07) is 20.2. The highest BCUT2D eigenvalue weighted by molar-refractivity contribution is 7.78. The van der Waals surface area contributed by atoms with E-state index in [0.717, 1.165) is 49.3 Å². The number of ether oxygens (including phenoxy) is 1. The molecule has 6 heteroatoms. The molecular weight excluding hydrogens is 553 g/mol. The lowest BCUT2D eigenvalue weighted by Crippen LogP contribution is -2.39. The summed E-state index contributed by atoms with van der Waals surface area (Å²) in [5.41, 5.74) is 1.31. The summed E-state index contributed by atoms with van der Waals surface area (Å²) in [4.78, 5) is 25.3. The van der Waals surface area contributed by atoms with Gasteiger partial charge >= 0.3 is 5.97 Å². The van der Waals surface area contributed by atoms with E-state index in [1.807, 2.05) is 67.7 Å². The number of fused-ring (bicyclic) bond motifs is 2. The van der Waals surface area contributed by atoms with Gasteiger partial charge in [0, 0.05) is 41.6 Å². The Morgan fingerprint density at radius 1 is 1.09 bits per heavy atom. The Hall–Kier alpha value is -2.49. The molecule has 230 valence electrons. The average Bonchev–Trinajstić information content (AvgIpc) is 3.51. The van der Waals surface area contributed by atoms with Crippen molar-refractivity contribution in [3.05, 3.63) is 72.3 Å². The summed E-state index contributed by atoms with van der Waals surface area (Å²) in [6.45, 7) is 7.01. The first-order valence-electron chi connectivity index (χ1n) is 16.4. The van der Waals surface area contributed by atoms with Crippen LogP contribution in [0.2, 0.25) is 0 Å². The molecule has 0 amide bonds. The molecule has 43 heavy (non-hydrogen) atoms. The van der Waals surface area contributed by atoms with Crippen LogP contribution >= 0.6 is 7.14 Å². The molecule has 0 spiro atoms. The van der Waals surface area contributed by atoms with Crippen molar-refractivity contribution < 1.29 is 18.9 Å². The zero-order valence-corrected chi connectivity index (χ0v) is 27.2. The maximum absolute atomic E-state index is 15.0. The van der Waals surface area contributed by atoms with Crippen LogP contribution in [0.5, 0.6) is 0 Å². The molecule has 8 atom stereocenters. The minimum absolute atomic E-state index is 0.126. The van der Waals surface area contributed by atoms with Gasteiger partial charge in [0.2, 0.25) is 0 Å². The van der Waals surface area contributed by atoms with Gasteiger partial charge in [-0.1, -0.05) is 86.2 Å². The van der Waals surface area contributed by atoms with Gasteiger partial charge in [-0.15, -0.1) is 0 Å². The molecule has 1 N–H and O–H groups in total. The molecular formula is C37H48NO4P. The molecule has 6 rings (SSSR count). The van der Waals surface area contributed by atoms with Crippen molar-refractivity contribution in [2.75, 3.05) is 19.8 Å². The summed E-state index contributed by atoms with van der Waals surface area (Å²) >= 11 is 0. The predicted octanol–water partition coefficient (Wildman–Crippen LogP) is 6.53. The van der Waals surface area contributed by atoms with Gasteiger partial charge in [0.25, 0.3) is 0 Å². The van der Waals surface area contributed by atoms with Crippen molar-refractivity contribution in [3.8, 4) is 0 Å².